The Labute approximate surface area is 135 Å². The highest BCUT2D eigenvalue weighted by atomic mass is 16.5. The van der Waals surface area contributed by atoms with E-state index in [0.29, 0.717) is 6.42 Å². The first kappa shape index (κ1) is 15.5. The fraction of sp³-hybridized carbons (Fsp3) is 0.471. The van der Waals surface area contributed by atoms with Crippen LogP contribution in [0.4, 0.5) is 5.82 Å². The van der Waals surface area contributed by atoms with Gasteiger partial charge in [-0.05, 0) is 38.8 Å². The van der Waals surface area contributed by atoms with E-state index in [9.17, 15) is 4.79 Å². The molecule has 6 heteroatoms. The molecule has 0 saturated carbocycles. The maximum atomic E-state index is 12.3. The maximum absolute atomic E-state index is 12.3. The molecule has 1 aliphatic heterocycles. The SMILES string of the molecule is Cc1noc(C)c1CC(=O)NC1CCCN(c2ccccn2)C1. The number of nitrogens with zero attached hydrogens (tertiary/aromatic N) is 3. The molecule has 1 amide bonds. The topological polar surface area (TPSA) is 71.3 Å². The predicted octanol–water partition coefficient (Wildman–Crippen LogP) is 2.01. The summed E-state index contributed by atoms with van der Waals surface area (Å²) in [5, 5.41) is 7.03. The number of anilines is 1. The van der Waals surface area contributed by atoms with Crippen molar-refractivity contribution in [3.8, 4) is 0 Å². The molecule has 122 valence electrons. The van der Waals surface area contributed by atoms with Crippen LogP contribution in [-0.2, 0) is 11.2 Å². The summed E-state index contributed by atoms with van der Waals surface area (Å²) in [5.74, 6) is 1.71. The minimum atomic E-state index is 0.0206. The van der Waals surface area contributed by atoms with Crippen LogP contribution in [0.1, 0.15) is 29.9 Å². The Hall–Kier alpha value is -2.37. The van der Waals surface area contributed by atoms with E-state index >= 15 is 0 Å². The zero-order chi connectivity index (χ0) is 16.2. The van der Waals surface area contributed by atoms with Crippen LogP contribution < -0.4 is 10.2 Å². The molecule has 0 bridgehead atoms. The third kappa shape index (κ3) is 3.70. The number of hydrogen-bond acceptors (Lipinski definition) is 5. The number of pyridine rings is 1. The third-order valence-corrected chi connectivity index (χ3v) is 4.28. The highest BCUT2D eigenvalue weighted by Crippen LogP contribution is 2.18. The Morgan fingerprint density at radius 3 is 3.00 bits per heavy atom. The van der Waals surface area contributed by atoms with Gasteiger partial charge < -0.3 is 14.7 Å². The summed E-state index contributed by atoms with van der Waals surface area (Å²) >= 11 is 0. The molecule has 1 unspecified atom stereocenters. The summed E-state index contributed by atoms with van der Waals surface area (Å²) in [6, 6.07) is 6.06. The van der Waals surface area contributed by atoms with Crippen LogP contribution in [-0.4, -0.2) is 35.2 Å². The number of hydrogen-bond donors (Lipinski definition) is 1. The van der Waals surface area contributed by atoms with Crippen LogP contribution in [0, 0.1) is 13.8 Å². The van der Waals surface area contributed by atoms with Crippen molar-refractivity contribution in [3.05, 3.63) is 41.4 Å². The average molecular weight is 314 g/mol. The number of carbonyl (C=O) groups is 1. The smallest absolute Gasteiger partial charge is 0.224 e. The van der Waals surface area contributed by atoms with E-state index < -0.39 is 0 Å². The van der Waals surface area contributed by atoms with Crippen molar-refractivity contribution >= 4 is 11.7 Å². The van der Waals surface area contributed by atoms with Gasteiger partial charge in [-0.15, -0.1) is 0 Å². The second kappa shape index (κ2) is 6.81. The van der Waals surface area contributed by atoms with Gasteiger partial charge in [0.15, 0.2) is 0 Å². The molecule has 1 fully saturated rings. The highest BCUT2D eigenvalue weighted by Gasteiger charge is 2.23. The quantitative estimate of drug-likeness (QED) is 0.935. The molecule has 0 radical (unpaired) electrons. The molecule has 3 rings (SSSR count). The fourth-order valence-electron chi connectivity index (χ4n) is 3.04. The van der Waals surface area contributed by atoms with Crippen molar-refractivity contribution in [1.82, 2.24) is 15.5 Å². The van der Waals surface area contributed by atoms with Gasteiger partial charge in [-0.2, -0.15) is 0 Å². The van der Waals surface area contributed by atoms with E-state index in [1.807, 2.05) is 32.0 Å². The van der Waals surface area contributed by atoms with E-state index in [1.54, 1.807) is 6.20 Å². The van der Waals surface area contributed by atoms with E-state index in [2.05, 4.69) is 20.4 Å². The van der Waals surface area contributed by atoms with E-state index in [1.165, 1.54) is 0 Å². The van der Waals surface area contributed by atoms with Gasteiger partial charge in [0.1, 0.15) is 11.6 Å². The van der Waals surface area contributed by atoms with Gasteiger partial charge >= 0.3 is 0 Å². The summed E-state index contributed by atoms with van der Waals surface area (Å²) in [7, 11) is 0. The summed E-state index contributed by atoms with van der Waals surface area (Å²) < 4.78 is 5.11. The Morgan fingerprint density at radius 1 is 1.43 bits per heavy atom. The molecule has 0 spiro atoms. The number of nitrogens with one attached hydrogen (secondary N) is 1. The Kier molecular flexibility index (Phi) is 4.60. The van der Waals surface area contributed by atoms with Gasteiger partial charge in [0.25, 0.3) is 0 Å². The van der Waals surface area contributed by atoms with E-state index in [0.717, 1.165) is 48.8 Å². The molecule has 1 N–H and O–H groups in total. The Bertz CT molecular complexity index is 649. The minimum absolute atomic E-state index is 0.0206. The number of aryl methyl sites for hydroxylation is 2. The molecule has 2 aromatic heterocycles. The van der Waals surface area contributed by atoms with Gasteiger partial charge in [-0.25, -0.2) is 4.98 Å². The number of aromatic nitrogens is 2. The minimum Gasteiger partial charge on any atom is -0.361 e. The molecule has 23 heavy (non-hydrogen) atoms. The monoisotopic (exact) mass is 314 g/mol. The first-order chi connectivity index (χ1) is 11.1. The zero-order valence-electron chi connectivity index (χ0n) is 13.6. The number of carbonyl (C=O) groups excluding carboxylic acids is 1. The molecule has 2 aromatic rings. The molecule has 1 saturated heterocycles. The first-order valence-electron chi connectivity index (χ1n) is 8.00. The molecule has 3 heterocycles. The van der Waals surface area contributed by atoms with E-state index in [4.69, 9.17) is 4.52 Å². The molecular formula is C17H22N4O2. The lowest BCUT2D eigenvalue weighted by molar-refractivity contribution is -0.121. The number of amides is 1. The third-order valence-electron chi connectivity index (χ3n) is 4.28. The maximum Gasteiger partial charge on any atom is 0.224 e. The zero-order valence-corrected chi connectivity index (χ0v) is 13.6. The molecule has 1 aliphatic rings. The van der Waals surface area contributed by atoms with Crippen LogP contribution in [0.5, 0.6) is 0 Å². The summed E-state index contributed by atoms with van der Waals surface area (Å²) in [6.45, 7) is 5.48. The van der Waals surface area contributed by atoms with Crippen LogP contribution >= 0.6 is 0 Å². The van der Waals surface area contributed by atoms with Crippen molar-refractivity contribution in [2.24, 2.45) is 0 Å². The normalized spacial score (nSPS) is 18.0. The van der Waals surface area contributed by atoms with E-state index in [-0.39, 0.29) is 11.9 Å². The average Bonchev–Trinajstić information content (AvgIpc) is 2.88. The molecule has 0 aromatic carbocycles. The lowest BCUT2D eigenvalue weighted by Gasteiger charge is -2.34. The van der Waals surface area contributed by atoms with Crippen LogP contribution in [0.15, 0.2) is 28.9 Å². The van der Waals surface area contributed by atoms with Gasteiger partial charge in [0, 0.05) is 30.9 Å². The lowest BCUT2D eigenvalue weighted by Crippen LogP contribution is -2.48. The van der Waals surface area contributed by atoms with Gasteiger partial charge in [-0.3, -0.25) is 4.79 Å². The summed E-state index contributed by atoms with van der Waals surface area (Å²) in [4.78, 5) is 18.9. The second-order valence-electron chi connectivity index (χ2n) is 6.02. The second-order valence-corrected chi connectivity index (χ2v) is 6.02. The van der Waals surface area contributed by atoms with Gasteiger partial charge in [0.05, 0.1) is 12.1 Å². The van der Waals surface area contributed by atoms with Crippen LogP contribution in [0.25, 0.3) is 0 Å². The number of piperidine rings is 1. The Balaban J connectivity index is 1.58. The predicted molar refractivity (Wildman–Crippen MR) is 87.3 cm³/mol. The summed E-state index contributed by atoms with van der Waals surface area (Å²) in [6.07, 6.45) is 4.17. The van der Waals surface area contributed by atoms with Crippen molar-refractivity contribution in [3.63, 3.8) is 0 Å². The number of rotatable bonds is 4. The molecular weight excluding hydrogens is 292 g/mol. The summed E-state index contributed by atoms with van der Waals surface area (Å²) in [5.41, 5.74) is 1.68. The first-order valence-corrected chi connectivity index (χ1v) is 8.00. The standard InChI is InChI=1S/C17H22N4O2/c1-12-15(13(2)23-20-12)10-17(22)19-14-6-5-9-21(11-14)16-7-3-4-8-18-16/h3-4,7-8,14H,5-6,9-11H2,1-2H3,(H,19,22). The van der Waals surface area contributed by atoms with Crippen molar-refractivity contribution in [1.29, 1.82) is 0 Å². The van der Waals surface area contributed by atoms with Gasteiger partial charge in [0.2, 0.25) is 5.91 Å². The van der Waals surface area contributed by atoms with Crippen molar-refractivity contribution < 1.29 is 9.32 Å². The van der Waals surface area contributed by atoms with Crippen LogP contribution in [0.3, 0.4) is 0 Å². The fourth-order valence-corrected chi connectivity index (χ4v) is 3.04. The highest BCUT2D eigenvalue weighted by molar-refractivity contribution is 5.79. The van der Waals surface area contributed by atoms with Crippen LogP contribution in [0.2, 0.25) is 0 Å². The Morgan fingerprint density at radius 2 is 2.30 bits per heavy atom. The lowest BCUT2D eigenvalue weighted by atomic mass is 10.0. The molecule has 1 atom stereocenters. The largest absolute Gasteiger partial charge is 0.361 e. The molecule has 6 nitrogen and oxygen atoms in total. The molecule has 0 aliphatic carbocycles. The van der Waals surface area contributed by atoms with Crippen molar-refractivity contribution in [2.45, 2.75) is 39.2 Å². The van der Waals surface area contributed by atoms with Crippen molar-refractivity contribution in [2.75, 3.05) is 18.0 Å². The van der Waals surface area contributed by atoms with Gasteiger partial charge in [-0.1, -0.05) is 11.2 Å².